The van der Waals surface area contributed by atoms with Crippen molar-refractivity contribution in [2.24, 2.45) is 0 Å². The van der Waals surface area contributed by atoms with Gasteiger partial charge in [0.2, 0.25) is 5.91 Å². The lowest BCUT2D eigenvalue weighted by Gasteiger charge is -2.22. The molecule has 7 heteroatoms. The number of hydrogen-bond acceptors (Lipinski definition) is 5. The van der Waals surface area contributed by atoms with Gasteiger partial charge in [0.05, 0.1) is 30.0 Å². The molecule has 1 saturated heterocycles. The Morgan fingerprint density at radius 2 is 2.16 bits per heavy atom. The van der Waals surface area contributed by atoms with Crippen LogP contribution in [-0.2, 0) is 11.2 Å². The van der Waals surface area contributed by atoms with Crippen LogP contribution in [0.5, 0.6) is 0 Å². The highest BCUT2D eigenvalue weighted by Crippen LogP contribution is 2.31. The normalized spacial score (nSPS) is 17.2. The van der Waals surface area contributed by atoms with E-state index in [1.54, 1.807) is 11.0 Å². The lowest BCUT2D eigenvalue weighted by Crippen LogP contribution is -2.32. The second kappa shape index (κ2) is 6.51. The van der Waals surface area contributed by atoms with E-state index >= 15 is 0 Å². The van der Waals surface area contributed by atoms with Crippen LogP contribution in [0.25, 0.3) is 5.69 Å². The summed E-state index contributed by atoms with van der Waals surface area (Å²) in [5.41, 5.74) is 2.37. The molecule has 0 aliphatic carbocycles. The predicted octanol–water partition coefficient (Wildman–Crippen LogP) is 2.47. The number of aromatic nitrogens is 4. The van der Waals surface area contributed by atoms with Gasteiger partial charge in [0.15, 0.2) is 0 Å². The van der Waals surface area contributed by atoms with E-state index in [0.29, 0.717) is 5.69 Å². The second-order valence-electron chi connectivity index (χ2n) is 6.25. The molecule has 128 valence electrons. The van der Waals surface area contributed by atoms with Crippen LogP contribution in [-0.4, -0.2) is 37.5 Å². The molecule has 0 bridgehead atoms. The minimum Gasteiger partial charge on any atom is -0.361 e. The number of carbonyl (C=O) groups is 1. The van der Waals surface area contributed by atoms with Crippen molar-refractivity contribution in [3.8, 4) is 5.69 Å². The highest BCUT2D eigenvalue weighted by Gasteiger charge is 2.32. The third-order valence-electron chi connectivity index (χ3n) is 4.42. The number of amides is 1. The van der Waals surface area contributed by atoms with Gasteiger partial charge in [0.1, 0.15) is 11.5 Å². The fourth-order valence-electron chi connectivity index (χ4n) is 3.23. The third kappa shape index (κ3) is 3.17. The summed E-state index contributed by atoms with van der Waals surface area (Å²) in [6.45, 7) is 2.60. The molecule has 2 aromatic heterocycles. The molecule has 0 saturated carbocycles. The lowest BCUT2D eigenvalue weighted by atomic mass is 10.1. The van der Waals surface area contributed by atoms with Gasteiger partial charge in [-0.15, -0.1) is 0 Å². The van der Waals surface area contributed by atoms with Crippen molar-refractivity contribution < 1.29 is 9.32 Å². The zero-order valence-corrected chi connectivity index (χ0v) is 14.0. The molecule has 3 aromatic rings. The maximum atomic E-state index is 12.7. The van der Waals surface area contributed by atoms with Gasteiger partial charge in [-0.05, 0) is 31.9 Å². The van der Waals surface area contributed by atoms with Crippen LogP contribution in [0.2, 0.25) is 0 Å². The standard InChI is InChI=1S/C18H19N5O2/c1-13-10-16(21-25-13)17-8-5-9-22(17)18(24)11-14-12-19-23(20-14)15-6-3-2-4-7-15/h2-4,6-7,10,12,17H,5,8-9,11H2,1H3. The Bertz CT molecular complexity index is 870. The number of likely N-dealkylation sites (tertiary alicyclic amines) is 1. The van der Waals surface area contributed by atoms with E-state index in [-0.39, 0.29) is 18.4 Å². The predicted molar refractivity (Wildman–Crippen MR) is 90.0 cm³/mol. The van der Waals surface area contributed by atoms with Crippen molar-refractivity contribution in [1.82, 2.24) is 25.1 Å². The Morgan fingerprint density at radius 1 is 1.32 bits per heavy atom. The van der Waals surface area contributed by atoms with Crippen molar-refractivity contribution in [3.63, 3.8) is 0 Å². The zero-order valence-electron chi connectivity index (χ0n) is 14.0. The highest BCUT2D eigenvalue weighted by molar-refractivity contribution is 5.79. The van der Waals surface area contributed by atoms with Gasteiger partial charge in [0, 0.05) is 12.6 Å². The van der Waals surface area contributed by atoms with Gasteiger partial charge in [-0.1, -0.05) is 23.4 Å². The molecule has 1 atom stereocenters. The van der Waals surface area contributed by atoms with E-state index in [0.717, 1.165) is 36.5 Å². The van der Waals surface area contributed by atoms with Crippen molar-refractivity contribution in [3.05, 3.63) is 59.7 Å². The van der Waals surface area contributed by atoms with Crippen molar-refractivity contribution in [1.29, 1.82) is 0 Å². The molecule has 1 amide bonds. The summed E-state index contributed by atoms with van der Waals surface area (Å²) in [5, 5.41) is 12.8. The third-order valence-corrected chi connectivity index (χ3v) is 4.42. The first-order valence-corrected chi connectivity index (χ1v) is 8.40. The summed E-state index contributed by atoms with van der Waals surface area (Å²) in [6, 6.07) is 11.5. The maximum absolute atomic E-state index is 12.7. The smallest absolute Gasteiger partial charge is 0.229 e. The van der Waals surface area contributed by atoms with Gasteiger partial charge in [0.25, 0.3) is 0 Å². The number of hydrogen-bond donors (Lipinski definition) is 0. The van der Waals surface area contributed by atoms with E-state index in [2.05, 4.69) is 15.4 Å². The first kappa shape index (κ1) is 15.6. The molecule has 1 unspecified atom stereocenters. The fraction of sp³-hybridized carbons (Fsp3) is 0.333. The van der Waals surface area contributed by atoms with Crippen LogP contribution in [0.1, 0.15) is 36.0 Å². The first-order valence-electron chi connectivity index (χ1n) is 8.40. The van der Waals surface area contributed by atoms with Crippen LogP contribution in [0.4, 0.5) is 0 Å². The van der Waals surface area contributed by atoms with Crippen molar-refractivity contribution >= 4 is 5.91 Å². The van der Waals surface area contributed by atoms with Gasteiger partial charge in [-0.2, -0.15) is 15.0 Å². The van der Waals surface area contributed by atoms with E-state index in [9.17, 15) is 4.79 Å². The molecule has 0 radical (unpaired) electrons. The molecule has 1 fully saturated rings. The average molecular weight is 337 g/mol. The fourth-order valence-corrected chi connectivity index (χ4v) is 3.23. The molecule has 4 rings (SSSR count). The average Bonchev–Trinajstić information content (AvgIpc) is 3.35. The van der Waals surface area contributed by atoms with E-state index in [1.807, 2.05) is 48.2 Å². The monoisotopic (exact) mass is 337 g/mol. The summed E-state index contributed by atoms with van der Waals surface area (Å²) in [4.78, 5) is 16.2. The van der Waals surface area contributed by atoms with Crippen molar-refractivity contribution in [2.45, 2.75) is 32.2 Å². The number of para-hydroxylation sites is 1. The minimum absolute atomic E-state index is 0.00545. The topological polar surface area (TPSA) is 77.1 Å². The second-order valence-corrected chi connectivity index (χ2v) is 6.25. The van der Waals surface area contributed by atoms with Crippen LogP contribution in [0.3, 0.4) is 0 Å². The maximum Gasteiger partial charge on any atom is 0.229 e. The SMILES string of the molecule is Cc1cc(C2CCCN2C(=O)Cc2cnn(-c3ccccc3)n2)no1. The molecule has 3 heterocycles. The molecule has 1 aromatic carbocycles. The molecule has 1 aliphatic rings. The van der Waals surface area contributed by atoms with Crippen LogP contribution in [0.15, 0.2) is 47.1 Å². The van der Waals surface area contributed by atoms with Gasteiger partial charge in [-0.25, -0.2) is 0 Å². The lowest BCUT2D eigenvalue weighted by molar-refractivity contribution is -0.131. The number of benzene rings is 1. The summed E-state index contributed by atoms with van der Waals surface area (Å²) >= 11 is 0. The van der Waals surface area contributed by atoms with Gasteiger partial charge in [-0.3, -0.25) is 4.79 Å². The summed E-state index contributed by atoms with van der Waals surface area (Å²) in [7, 11) is 0. The van der Waals surface area contributed by atoms with Gasteiger partial charge < -0.3 is 9.42 Å². The Kier molecular flexibility index (Phi) is 4.05. The Hall–Kier alpha value is -2.96. The molecular formula is C18H19N5O2. The van der Waals surface area contributed by atoms with Gasteiger partial charge >= 0.3 is 0 Å². The molecule has 25 heavy (non-hydrogen) atoms. The summed E-state index contributed by atoms with van der Waals surface area (Å²) in [6.07, 6.45) is 3.77. The molecule has 1 aliphatic heterocycles. The zero-order chi connectivity index (χ0) is 17.2. The number of aryl methyl sites for hydroxylation is 1. The van der Waals surface area contributed by atoms with Crippen LogP contribution >= 0.6 is 0 Å². The minimum atomic E-state index is -0.00545. The van der Waals surface area contributed by atoms with E-state index in [1.165, 1.54) is 0 Å². The Labute approximate surface area is 145 Å². The number of carbonyl (C=O) groups excluding carboxylic acids is 1. The number of rotatable bonds is 4. The van der Waals surface area contributed by atoms with Crippen molar-refractivity contribution in [2.75, 3.05) is 6.54 Å². The number of nitrogens with zero attached hydrogens (tertiary/aromatic N) is 5. The summed E-state index contributed by atoms with van der Waals surface area (Å²) in [5.74, 6) is 0.809. The Morgan fingerprint density at radius 3 is 2.92 bits per heavy atom. The van der Waals surface area contributed by atoms with E-state index < -0.39 is 0 Å². The molecule has 0 N–H and O–H groups in total. The Balaban J connectivity index is 1.47. The van der Waals surface area contributed by atoms with E-state index in [4.69, 9.17) is 4.52 Å². The quantitative estimate of drug-likeness (QED) is 0.731. The van der Waals surface area contributed by atoms with Crippen LogP contribution < -0.4 is 0 Å². The van der Waals surface area contributed by atoms with Crippen LogP contribution in [0, 0.1) is 6.92 Å². The first-order chi connectivity index (χ1) is 12.2. The summed E-state index contributed by atoms with van der Waals surface area (Å²) < 4.78 is 5.16. The highest BCUT2D eigenvalue weighted by atomic mass is 16.5. The largest absolute Gasteiger partial charge is 0.361 e. The molecule has 7 nitrogen and oxygen atoms in total. The molecular weight excluding hydrogens is 318 g/mol. The molecule has 0 spiro atoms.